The summed E-state index contributed by atoms with van der Waals surface area (Å²) in [7, 11) is -3.33. The number of rotatable bonds is 12. The number of ether oxygens (including phenoxy) is 1. The van der Waals surface area contributed by atoms with Gasteiger partial charge in [0.15, 0.2) is 0 Å². The first-order chi connectivity index (χ1) is 20.3. The van der Waals surface area contributed by atoms with Crippen molar-refractivity contribution in [3.05, 3.63) is 71.4 Å². The second kappa shape index (κ2) is 13.2. The van der Waals surface area contributed by atoms with Gasteiger partial charge in [0, 0.05) is 60.8 Å². The van der Waals surface area contributed by atoms with E-state index in [0.717, 1.165) is 22.2 Å². The summed E-state index contributed by atoms with van der Waals surface area (Å²) in [5, 5.41) is 13.1. The Morgan fingerprint density at radius 3 is 2.45 bits per heavy atom. The van der Waals surface area contributed by atoms with Crippen LogP contribution in [0.5, 0.6) is 5.75 Å². The van der Waals surface area contributed by atoms with Crippen LogP contribution >= 0.6 is 0 Å². The lowest BCUT2D eigenvalue weighted by molar-refractivity contribution is -0.135. The number of piperazine rings is 1. The van der Waals surface area contributed by atoms with Crippen molar-refractivity contribution < 1.29 is 28.0 Å². The van der Waals surface area contributed by atoms with Gasteiger partial charge in [0.25, 0.3) is 11.8 Å². The van der Waals surface area contributed by atoms with E-state index in [1.54, 1.807) is 34.6 Å². The standard InChI is InChI=1S/C30H37N5O6S/c1-2-17-42(39,40)35-15-13-34(14-16-35)28(30(37)33-38)19-31-29(36)22-9-11-24(12-10-22)41-20-23-18-27(21-7-8-21)32-26-6-4-3-5-25(23)26/h3-6,9-12,18,21,28,38H,2,7-8,13-17,19-20H2,1H3,(H,31,36)(H,33,37). The molecule has 2 aromatic carbocycles. The monoisotopic (exact) mass is 595 g/mol. The van der Waals surface area contributed by atoms with Gasteiger partial charge in [0.05, 0.1) is 11.3 Å². The molecule has 3 N–H and O–H groups in total. The Hall–Kier alpha value is -3.58. The molecule has 1 saturated heterocycles. The zero-order valence-electron chi connectivity index (χ0n) is 23.7. The minimum absolute atomic E-state index is 0.0520. The number of hydrogen-bond acceptors (Lipinski definition) is 8. The number of nitrogens with one attached hydrogen (secondary N) is 2. The van der Waals surface area contributed by atoms with Crippen molar-refractivity contribution in [1.82, 2.24) is 25.0 Å². The summed E-state index contributed by atoms with van der Waals surface area (Å²) in [5.41, 5.74) is 5.20. The summed E-state index contributed by atoms with van der Waals surface area (Å²) < 4.78 is 32.2. The van der Waals surface area contributed by atoms with Crippen molar-refractivity contribution in [1.29, 1.82) is 0 Å². The molecule has 1 unspecified atom stereocenters. The molecule has 2 heterocycles. The fourth-order valence-corrected chi connectivity index (χ4v) is 6.77. The predicted octanol–water partition coefficient (Wildman–Crippen LogP) is 2.65. The number of hydroxylamine groups is 1. The molecular weight excluding hydrogens is 558 g/mol. The van der Waals surface area contributed by atoms with E-state index in [0.29, 0.717) is 43.3 Å². The van der Waals surface area contributed by atoms with Gasteiger partial charge in [-0.2, -0.15) is 4.31 Å². The lowest BCUT2D eigenvalue weighted by Crippen LogP contribution is -2.58. The number of hydrogen-bond donors (Lipinski definition) is 3. The highest BCUT2D eigenvalue weighted by molar-refractivity contribution is 7.89. The van der Waals surface area contributed by atoms with Gasteiger partial charge >= 0.3 is 0 Å². The van der Waals surface area contributed by atoms with E-state index < -0.39 is 22.0 Å². The molecule has 1 aromatic heterocycles. The van der Waals surface area contributed by atoms with Gasteiger partial charge in [-0.3, -0.25) is 24.7 Å². The molecule has 11 nitrogen and oxygen atoms in total. The third-order valence-electron chi connectivity index (χ3n) is 7.77. The van der Waals surface area contributed by atoms with Gasteiger partial charge in [0.1, 0.15) is 18.4 Å². The largest absolute Gasteiger partial charge is 0.489 e. The average molecular weight is 596 g/mol. The molecule has 12 heteroatoms. The molecule has 2 fully saturated rings. The summed E-state index contributed by atoms with van der Waals surface area (Å²) in [4.78, 5) is 31.9. The summed E-state index contributed by atoms with van der Waals surface area (Å²) in [6, 6.07) is 16.1. The van der Waals surface area contributed by atoms with Crippen molar-refractivity contribution in [3.63, 3.8) is 0 Å². The predicted molar refractivity (Wildman–Crippen MR) is 158 cm³/mol. The Morgan fingerprint density at radius 1 is 1.07 bits per heavy atom. The first kappa shape index (κ1) is 29.9. The van der Waals surface area contributed by atoms with Crippen molar-refractivity contribution >= 4 is 32.7 Å². The van der Waals surface area contributed by atoms with E-state index in [-0.39, 0.29) is 31.3 Å². The van der Waals surface area contributed by atoms with Gasteiger partial charge in [-0.25, -0.2) is 13.9 Å². The number of para-hydroxylation sites is 1. The average Bonchev–Trinajstić information content (AvgIpc) is 3.86. The van der Waals surface area contributed by atoms with Gasteiger partial charge < -0.3 is 10.1 Å². The number of nitrogens with zero attached hydrogens (tertiary/aromatic N) is 3. The highest BCUT2D eigenvalue weighted by Gasteiger charge is 2.33. The Bertz CT molecular complexity index is 1520. The molecule has 2 amide bonds. The van der Waals surface area contributed by atoms with Crippen LogP contribution in [-0.4, -0.2) is 84.1 Å². The van der Waals surface area contributed by atoms with E-state index in [4.69, 9.17) is 9.72 Å². The van der Waals surface area contributed by atoms with Crippen molar-refractivity contribution in [3.8, 4) is 5.75 Å². The van der Waals surface area contributed by atoms with Crippen LogP contribution in [-0.2, 0) is 21.4 Å². The first-order valence-corrected chi connectivity index (χ1v) is 16.0. The third kappa shape index (κ3) is 7.06. The maximum absolute atomic E-state index is 12.9. The number of carbonyl (C=O) groups excluding carboxylic acids is 2. The van der Waals surface area contributed by atoms with Crippen LogP contribution in [0.4, 0.5) is 0 Å². The number of benzene rings is 2. The smallest absolute Gasteiger partial charge is 0.262 e. The number of aromatic nitrogens is 1. The Kier molecular flexibility index (Phi) is 9.37. The molecule has 0 radical (unpaired) electrons. The van der Waals surface area contributed by atoms with E-state index in [1.807, 2.05) is 31.2 Å². The normalized spacial score (nSPS) is 17.1. The molecule has 1 aliphatic heterocycles. The van der Waals surface area contributed by atoms with E-state index >= 15 is 0 Å². The maximum Gasteiger partial charge on any atom is 0.262 e. The van der Waals surface area contributed by atoms with Crippen LogP contribution in [0.2, 0.25) is 0 Å². The fraction of sp³-hybridized carbons (Fsp3) is 0.433. The Labute approximate surface area is 245 Å². The minimum atomic E-state index is -3.33. The molecule has 1 atom stereocenters. The van der Waals surface area contributed by atoms with Crippen LogP contribution < -0.4 is 15.5 Å². The van der Waals surface area contributed by atoms with Crippen molar-refractivity contribution in [2.45, 2.75) is 44.8 Å². The second-order valence-electron chi connectivity index (χ2n) is 10.8. The SMILES string of the molecule is CCCS(=O)(=O)N1CCN(C(CNC(=O)c2ccc(OCc3cc(C4CC4)nc4ccccc34)cc2)C(=O)NO)CC1. The van der Waals surface area contributed by atoms with E-state index in [2.05, 4.69) is 11.4 Å². The minimum Gasteiger partial charge on any atom is -0.489 e. The molecule has 1 aliphatic carbocycles. The molecule has 2 aliphatic rings. The van der Waals surface area contributed by atoms with Gasteiger partial charge in [-0.05, 0) is 55.7 Å². The molecule has 3 aromatic rings. The molecular formula is C30H37N5O6S. The first-order valence-electron chi connectivity index (χ1n) is 14.3. The van der Waals surface area contributed by atoms with Crippen LogP contribution in [0.15, 0.2) is 54.6 Å². The van der Waals surface area contributed by atoms with Crippen LogP contribution in [0, 0.1) is 0 Å². The van der Waals surface area contributed by atoms with Gasteiger partial charge in [-0.1, -0.05) is 25.1 Å². The van der Waals surface area contributed by atoms with Crippen LogP contribution in [0.1, 0.15) is 53.7 Å². The fourth-order valence-electron chi connectivity index (χ4n) is 5.28. The third-order valence-corrected chi connectivity index (χ3v) is 9.84. The quantitative estimate of drug-likeness (QED) is 0.214. The van der Waals surface area contributed by atoms with E-state index in [9.17, 15) is 23.2 Å². The second-order valence-corrected chi connectivity index (χ2v) is 12.9. The van der Waals surface area contributed by atoms with Gasteiger partial charge in [-0.15, -0.1) is 0 Å². The van der Waals surface area contributed by atoms with Gasteiger partial charge in [0.2, 0.25) is 10.0 Å². The lowest BCUT2D eigenvalue weighted by atomic mass is 10.1. The number of carbonyl (C=O) groups is 2. The van der Waals surface area contributed by atoms with Crippen LogP contribution in [0.3, 0.4) is 0 Å². The van der Waals surface area contributed by atoms with Crippen molar-refractivity contribution in [2.75, 3.05) is 38.5 Å². The molecule has 224 valence electrons. The Balaban J connectivity index is 1.17. The molecule has 0 bridgehead atoms. The zero-order chi connectivity index (χ0) is 29.7. The number of amides is 2. The number of fused-ring (bicyclic) bond motifs is 1. The number of sulfonamides is 1. The summed E-state index contributed by atoms with van der Waals surface area (Å²) in [5.74, 6) is 0.178. The molecule has 42 heavy (non-hydrogen) atoms. The zero-order valence-corrected chi connectivity index (χ0v) is 24.5. The van der Waals surface area contributed by atoms with Crippen molar-refractivity contribution in [2.24, 2.45) is 0 Å². The highest BCUT2D eigenvalue weighted by atomic mass is 32.2. The summed E-state index contributed by atoms with van der Waals surface area (Å²) in [6.07, 6.45) is 2.86. The topological polar surface area (TPSA) is 141 Å². The number of pyridine rings is 1. The van der Waals surface area contributed by atoms with E-state index in [1.165, 1.54) is 17.1 Å². The molecule has 0 spiro atoms. The summed E-state index contributed by atoms with van der Waals surface area (Å²) >= 11 is 0. The van der Waals surface area contributed by atoms with Crippen LogP contribution in [0.25, 0.3) is 10.9 Å². The highest BCUT2D eigenvalue weighted by Crippen LogP contribution is 2.40. The molecule has 1 saturated carbocycles. The summed E-state index contributed by atoms with van der Waals surface area (Å²) in [6.45, 7) is 3.22. The lowest BCUT2D eigenvalue weighted by Gasteiger charge is -2.37. The Morgan fingerprint density at radius 2 is 1.79 bits per heavy atom. The maximum atomic E-state index is 12.9. The molecule has 5 rings (SSSR count).